The highest BCUT2D eigenvalue weighted by Gasteiger charge is 2.23. The molecule has 2 nitrogen and oxygen atoms in total. The Hall–Kier alpha value is -2.16. The minimum Gasteiger partial charge on any atom is -0.419 e. The van der Waals surface area contributed by atoms with Crippen LogP contribution in [0.2, 0.25) is 0 Å². The summed E-state index contributed by atoms with van der Waals surface area (Å²) in [4.78, 5) is 12.8. The van der Waals surface area contributed by atoms with E-state index in [9.17, 15) is 9.18 Å². The Kier molecular flexibility index (Phi) is 7.65. The molecule has 172 valence electrons. The van der Waals surface area contributed by atoms with Crippen molar-refractivity contribution in [3.8, 4) is 0 Å². The largest absolute Gasteiger partial charge is 0.419 e. The summed E-state index contributed by atoms with van der Waals surface area (Å²) >= 11 is 0. The third-order valence-corrected chi connectivity index (χ3v) is 7.48. The van der Waals surface area contributed by atoms with E-state index in [4.69, 9.17) is 4.42 Å². The van der Waals surface area contributed by atoms with Crippen LogP contribution < -0.4 is 5.63 Å². The average molecular weight is 437 g/mol. The summed E-state index contributed by atoms with van der Waals surface area (Å²) in [6.45, 7) is 4.28. The first kappa shape index (κ1) is 23.0. The zero-order valence-electron chi connectivity index (χ0n) is 19.7. The van der Waals surface area contributed by atoms with E-state index in [-0.39, 0.29) is 11.4 Å². The van der Waals surface area contributed by atoms with Gasteiger partial charge in [0.1, 0.15) is 0 Å². The monoisotopic (exact) mass is 436 g/mol. The lowest BCUT2D eigenvalue weighted by Gasteiger charge is -2.29. The predicted molar refractivity (Wildman–Crippen MR) is 132 cm³/mol. The fourth-order valence-corrected chi connectivity index (χ4v) is 5.56. The van der Waals surface area contributed by atoms with Gasteiger partial charge in [0.05, 0.1) is 5.39 Å². The maximum atomic E-state index is 14.9. The molecule has 0 bridgehead atoms. The molecule has 3 aromatic rings. The van der Waals surface area contributed by atoms with Crippen LogP contribution in [0.3, 0.4) is 0 Å². The second-order valence-corrected chi connectivity index (χ2v) is 9.78. The number of hydrogen-bond acceptors (Lipinski definition) is 2. The minimum absolute atomic E-state index is 0.0978. The van der Waals surface area contributed by atoms with E-state index < -0.39 is 5.63 Å². The third-order valence-electron chi connectivity index (χ3n) is 7.48. The van der Waals surface area contributed by atoms with Crippen LogP contribution >= 0.6 is 0 Å². The third kappa shape index (κ3) is 4.92. The Balaban J connectivity index is 1.50. The highest BCUT2D eigenvalue weighted by Crippen LogP contribution is 2.39. The number of benzene rings is 2. The first-order valence-corrected chi connectivity index (χ1v) is 12.8. The second-order valence-electron chi connectivity index (χ2n) is 9.78. The zero-order chi connectivity index (χ0) is 22.5. The Morgan fingerprint density at radius 1 is 0.875 bits per heavy atom. The van der Waals surface area contributed by atoms with Crippen molar-refractivity contribution in [2.45, 2.75) is 96.8 Å². The van der Waals surface area contributed by atoms with Crippen molar-refractivity contribution < 1.29 is 8.81 Å². The number of halogens is 1. The van der Waals surface area contributed by atoms with Crippen LogP contribution in [-0.2, 0) is 6.42 Å². The number of rotatable bonds is 9. The highest BCUT2D eigenvalue weighted by molar-refractivity contribution is 6.04. The molecule has 0 spiro atoms. The Bertz CT molecular complexity index is 1110. The summed E-state index contributed by atoms with van der Waals surface area (Å²) < 4.78 is 20.4. The molecule has 2 aromatic carbocycles. The van der Waals surface area contributed by atoms with E-state index in [0.717, 1.165) is 17.7 Å². The molecule has 0 atom stereocenters. The molecule has 4 rings (SSSR count). The maximum Gasteiger partial charge on any atom is 0.344 e. The van der Waals surface area contributed by atoms with Crippen molar-refractivity contribution in [3.63, 3.8) is 0 Å². The Labute approximate surface area is 191 Å². The van der Waals surface area contributed by atoms with Crippen LogP contribution in [0.4, 0.5) is 4.39 Å². The molecule has 1 heterocycles. The lowest BCUT2D eigenvalue weighted by Crippen LogP contribution is -2.14. The summed E-state index contributed by atoms with van der Waals surface area (Å²) in [7, 11) is 0. The van der Waals surface area contributed by atoms with Crippen LogP contribution in [0, 0.1) is 11.7 Å². The summed E-state index contributed by atoms with van der Waals surface area (Å²) in [5, 5.41) is 2.06. The minimum atomic E-state index is -0.428. The average Bonchev–Trinajstić information content (AvgIpc) is 2.82. The van der Waals surface area contributed by atoms with Crippen molar-refractivity contribution in [1.29, 1.82) is 0 Å². The maximum absolute atomic E-state index is 14.9. The van der Waals surface area contributed by atoms with E-state index in [1.54, 1.807) is 0 Å². The number of aryl methyl sites for hydroxylation is 1. The molecule has 1 aliphatic rings. The smallest absolute Gasteiger partial charge is 0.344 e. The van der Waals surface area contributed by atoms with Crippen molar-refractivity contribution >= 4 is 21.7 Å². The van der Waals surface area contributed by atoms with Gasteiger partial charge in [0.25, 0.3) is 0 Å². The van der Waals surface area contributed by atoms with Crippen molar-refractivity contribution in [2.24, 2.45) is 5.92 Å². The molecular weight excluding hydrogens is 399 g/mol. The first-order chi connectivity index (χ1) is 15.6. The number of fused-ring (bicyclic) bond motifs is 3. The summed E-state index contributed by atoms with van der Waals surface area (Å²) in [6.07, 6.45) is 14.6. The van der Waals surface area contributed by atoms with Crippen molar-refractivity contribution in [2.75, 3.05) is 0 Å². The Morgan fingerprint density at radius 3 is 2.38 bits per heavy atom. The van der Waals surface area contributed by atoms with Crippen molar-refractivity contribution in [3.05, 3.63) is 57.7 Å². The van der Waals surface area contributed by atoms with Gasteiger partial charge in [0, 0.05) is 10.8 Å². The van der Waals surface area contributed by atoms with Gasteiger partial charge >= 0.3 is 5.63 Å². The highest BCUT2D eigenvalue weighted by atomic mass is 19.1. The number of hydrogen-bond donors (Lipinski definition) is 0. The zero-order valence-corrected chi connectivity index (χ0v) is 19.7. The molecule has 0 unspecified atom stereocenters. The number of unbranched alkanes of at least 4 members (excludes halogenated alkanes) is 4. The molecule has 3 heteroatoms. The van der Waals surface area contributed by atoms with Gasteiger partial charge in [-0.2, -0.15) is 0 Å². The lowest BCUT2D eigenvalue weighted by atomic mass is 9.76. The van der Waals surface area contributed by atoms with E-state index in [2.05, 4.69) is 13.0 Å². The molecular formula is C29H37FO2. The van der Waals surface area contributed by atoms with Gasteiger partial charge in [-0.15, -0.1) is 0 Å². The quantitative estimate of drug-likeness (QED) is 0.191. The fraction of sp³-hybridized carbons (Fsp3) is 0.552. The summed E-state index contributed by atoms with van der Waals surface area (Å²) in [5.74, 6) is 0.984. The molecule has 1 saturated carbocycles. The van der Waals surface area contributed by atoms with Crippen LogP contribution in [0.15, 0.2) is 39.5 Å². The summed E-state index contributed by atoms with van der Waals surface area (Å²) in [5.41, 5.74) is 1.51. The predicted octanol–water partition coefficient (Wildman–Crippen LogP) is 8.67. The topological polar surface area (TPSA) is 30.2 Å². The van der Waals surface area contributed by atoms with Crippen LogP contribution in [0.5, 0.6) is 0 Å². The SMILES string of the molecule is CCCCCCCC1CCC(c2ccc3c(c2)c(=O)oc2c(F)c(CCC)ccc23)CC1. The molecule has 0 amide bonds. The van der Waals surface area contributed by atoms with E-state index >= 15 is 0 Å². The molecule has 1 fully saturated rings. The molecule has 0 radical (unpaired) electrons. The molecule has 0 saturated heterocycles. The van der Waals surface area contributed by atoms with Gasteiger partial charge in [-0.25, -0.2) is 9.18 Å². The van der Waals surface area contributed by atoms with E-state index in [1.807, 2.05) is 31.2 Å². The standard InChI is InChI=1S/C29H37FO2/c1-3-5-6-7-8-10-20-11-13-21(14-12-20)23-16-17-24-25-18-15-22(9-4-2)27(30)28(25)32-29(31)26(24)19-23/h15-21H,3-14H2,1-2H3. The van der Waals surface area contributed by atoms with Crippen LogP contribution in [-0.4, -0.2) is 0 Å². The van der Waals surface area contributed by atoms with Gasteiger partial charge in [-0.1, -0.05) is 83.1 Å². The van der Waals surface area contributed by atoms with Crippen LogP contribution in [0.1, 0.15) is 102 Å². The molecule has 32 heavy (non-hydrogen) atoms. The van der Waals surface area contributed by atoms with Gasteiger partial charge in [0.15, 0.2) is 11.4 Å². The summed E-state index contributed by atoms with van der Waals surface area (Å²) in [6, 6.07) is 9.89. The fourth-order valence-electron chi connectivity index (χ4n) is 5.56. The van der Waals surface area contributed by atoms with Gasteiger partial charge in [-0.05, 0) is 61.1 Å². The first-order valence-electron chi connectivity index (χ1n) is 12.8. The second kappa shape index (κ2) is 10.6. The van der Waals surface area contributed by atoms with Gasteiger partial charge < -0.3 is 4.42 Å². The molecule has 0 N–H and O–H groups in total. The molecule has 0 aliphatic heterocycles. The Morgan fingerprint density at radius 2 is 1.62 bits per heavy atom. The normalized spacial score (nSPS) is 19.1. The lowest BCUT2D eigenvalue weighted by molar-refractivity contribution is 0.302. The molecule has 1 aromatic heterocycles. The molecule has 1 aliphatic carbocycles. The van der Waals surface area contributed by atoms with Gasteiger partial charge in [-0.3, -0.25) is 0 Å². The van der Waals surface area contributed by atoms with Gasteiger partial charge in [0.2, 0.25) is 0 Å². The van der Waals surface area contributed by atoms with Crippen LogP contribution in [0.25, 0.3) is 21.7 Å². The van der Waals surface area contributed by atoms with Crippen molar-refractivity contribution in [1.82, 2.24) is 0 Å². The van der Waals surface area contributed by atoms with E-state index in [1.165, 1.54) is 69.8 Å². The van der Waals surface area contributed by atoms with E-state index in [0.29, 0.717) is 28.7 Å².